The molecule has 2 heterocycles. The third-order valence-corrected chi connectivity index (χ3v) is 4.77. The van der Waals surface area contributed by atoms with E-state index in [1.807, 2.05) is 12.1 Å². The third kappa shape index (κ3) is 3.83. The molecule has 0 fully saturated rings. The van der Waals surface area contributed by atoms with Gasteiger partial charge in [0.05, 0.1) is 30.8 Å². The van der Waals surface area contributed by atoms with Crippen LogP contribution in [0.1, 0.15) is 36.6 Å². The highest BCUT2D eigenvalue weighted by Crippen LogP contribution is 2.24. The summed E-state index contributed by atoms with van der Waals surface area (Å²) in [5.41, 5.74) is 2.45. The molecule has 0 bridgehead atoms. The zero-order valence-corrected chi connectivity index (χ0v) is 16.2. The van der Waals surface area contributed by atoms with Crippen molar-refractivity contribution in [3.8, 4) is 0 Å². The van der Waals surface area contributed by atoms with Crippen LogP contribution in [0.25, 0.3) is 0 Å². The summed E-state index contributed by atoms with van der Waals surface area (Å²) < 4.78 is 6.65. The Labute approximate surface area is 172 Å². The first-order valence-electron chi connectivity index (χ1n) is 9.28. The predicted molar refractivity (Wildman–Crippen MR) is 107 cm³/mol. The van der Waals surface area contributed by atoms with E-state index in [1.165, 1.54) is 31.6 Å². The number of fused-ring (bicyclic) bond motifs is 1. The number of methoxy groups -OCH3 is 1. The molecule has 2 aromatic carbocycles. The number of ether oxygens (including phenoxy) is 1. The van der Waals surface area contributed by atoms with Crippen molar-refractivity contribution in [2.24, 2.45) is 0 Å². The van der Waals surface area contributed by atoms with Gasteiger partial charge in [-0.05, 0) is 35.9 Å². The maximum absolute atomic E-state index is 12.6. The fourth-order valence-corrected chi connectivity index (χ4v) is 3.22. The summed E-state index contributed by atoms with van der Waals surface area (Å²) in [6.45, 7) is 1.01. The summed E-state index contributed by atoms with van der Waals surface area (Å²) in [6, 6.07) is 11.9. The Balaban J connectivity index is 1.45. The van der Waals surface area contributed by atoms with E-state index < -0.39 is 5.91 Å². The van der Waals surface area contributed by atoms with Crippen molar-refractivity contribution in [1.82, 2.24) is 19.7 Å². The molecule has 0 aliphatic carbocycles. The molecule has 0 saturated carbocycles. The number of benzene rings is 2. The summed E-state index contributed by atoms with van der Waals surface area (Å²) in [5.74, 6) is -1.15. The maximum atomic E-state index is 12.6. The number of aromatic nitrogens is 3. The fourth-order valence-electron chi connectivity index (χ4n) is 3.22. The van der Waals surface area contributed by atoms with Gasteiger partial charge in [0.25, 0.3) is 17.7 Å². The standard InChI is InChI=1S/C21H19N5O4/c1-30-9-8-26-20(28)17-7-4-15(10-18(17)21(26)29)19(27)24-16-5-2-14(3-6-16)11-25-13-22-12-23-25/h2-7,10,12-13H,8-9,11H2,1H3,(H,24,27). The van der Waals surface area contributed by atoms with Gasteiger partial charge in [-0.3, -0.25) is 19.3 Å². The third-order valence-electron chi connectivity index (χ3n) is 4.77. The molecule has 3 aromatic rings. The van der Waals surface area contributed by atoms with Gasteiger partial charge < -0.3 is 10.1 Å². The number of nitrogens with zero attached hydrogens (tertiary/aromatic N) is 4. The van der Waals surface area contributed by atoms with Crippen molar-refractivity contribution in [3.05, 3.63) is 77.4 Å². The van der Waals surface area contributed by atoms with E-state index in [9.17, 15) is 14.4 Å². The lowest BCUT2D eigenvalue weighted by molar-refractivity contribution is 0.0603. The molecule has 0 spiro atoms. The van der Waals surface area contributed by atoms with Gasteiger partial charge in [0, 0.05) is 18.4 Å². The number of hydrogen-bond acceptors (Lipinski definition) is 6. The van der Waals surface area contributed by atoms with Crippen LogP contribution in [0.15, 0.2) is 55.1 Å². The SMILES string of the molecule is COCCN1C(=O)c2ccc(C(=O)Nc3ccc(Cn4cncn4)cc3)cc2C1=O. The Morgan fingerprint density at radius 1 is 1.07 bits per heavy atom. The van der Waals surface area contributed by atoms with E-state index in [4.69, 9.17) is 4.74 Å². The topological polar surface area (TPSA) is 106 Å². The summed E-state index contributed by atoms with van der Waals surface area (Å²) >= 11 is 0. The molecule has 1 N–H and O–H groups in total. The number of imide groups is 1. The van der Waals surface area contributed by atoms with Crippen LogP contribution in [0.2, 0.25) is 0 Å². The van der Waals surface area contributed by atoms with Crippen LogP contribution in [0, 0.1) is 0 Å². The minimum Gasteiger partial charge on any atom is -0.383 e. The first-order chi connectivity index (χ1) is 14.6. The van der Waals surface area contributed by atoms with Crippen LogP contribution < -0.4 is 5.32 Å². The Hall–Kier alpha value is -3.85. The lowest BCUT2D eigenvalue weighted by Crippen LogP contribution is -2.32. The van der Waals surface area contributed by atoms with Crippen molar-refractivity contribution < 1.29 is 19.1 Å². The van der Waals surface area contributed by atoms with Crippen molar-refractivity contribution in [1.29, 1.82) is 0 Å². The monoisotopic (exact) mass is 405 g/mol. The van der Waals surface area contributed by atoms with E-state index in [0.717, 1.165) is 10.5 Å². The quantitative estimate of drug-likeness (QED) is 0.601. The second kappa shape index (κ2) is 8.26. The van der Waals surface area contributed by atoms with Crippen molar-refractivity contribution in [3.63, 3.8) is 0 Å². The van der Waals surface area contributed by atoms with Gasteiger partial charge in [0.1, 0.15) is 12.7 Å². The highest BCUT2D eigenvalue weighted by Gasteiger charge is 2.35. The predicted octanol–water partition coefficient (Wildman–Crippen LogP) is 1.82. The Morgan fingerprint density at radius 3 is 2.53 bits per heavy atom. The summed E-state index contributed by atoms with van der Waals surface area (Å²) in [5, 5.41) is 6.86. The minimum absolute atomic E-state index is 0.172. The van der Waals surface area contributed by atoms with Crippen molar-refractivity contribution in [2.45, 2.75) is 6.54 Å². The molecule has 1 aliphatic rings. The summed E-state index contributed by atoms with van der Waals surface area (Å²) in [7, 11) is 1.50. The Morgan fingerprint density at radius 2 is 1.83 bits per heavy atom. The molecule has 152 valence electrons. The van der Waals surface area contributed by atoms with Crippen LogP contribution in [0.4, 0.5) is 5.69 Å². The average Bonchev–Trinajstić information content (AvgIpc) is 3.35. The van der Waals surface area contributed by atoms with E-state index in [-0.39, 0.29) is 30.5 Å². The van der Waals surface area contributed by atoms with Crippen LogP contribution in [-0.4, -0.2) is 57.6 Å². The van der Waals surface area contributed by atoms with E-state index in [1.54, 1.807) is 23.1 Å². The van der Waals surface area contributed by atoms with Crippen molar-refractivity contribution >= 4 is 23.4 Å². The number of rotatable bonds is 7. The van der Waals surface area contributed by atoms with E-state index in [2.05, 4.69) is 15.4 Å². The molecule has 0 radical (unpaired) electrons. The fraction of sp³-hybridized carbons (Fsp3) is 0.190. The molecule has 9 nitrogen and oxygen atoms in total. The van der Waals surface area contributed by atoms with Gasteiger partial charge in [-0.2, -0.15) is 5.10 Å². The maximum Gasteiger partial charge on any atom is 0.261 e. The summed E-state index contributed by atoms with van der Waals surface area (Å²) in [4.78, 5) is 42.6. The van der Waals surface area contributed by atoms with Crippen LogP contribution in [-0.2, 0) is 11.3 Å². The van der Waals surface area contributed by atoms with Crippen LogP contribution in [0.5, 0.6) is 0 Å². The molecule has 0 unspecified atom stereocenters. The lowest BCUT2D eigenvalue weighted by Gasteiger charge is -2.12. The molecule has 9 heteroatoms. The Bertz CT molecular complexity index is 1090. The first-order valence-corrected chi connectivity index (χ1v) is 9.28. The summed E-state index contributed by atoms with van der Waals surface area (Å²) in [6.07, 6.45) is 3.10. The van der Waals surface area contributed by atoms with Gasteiger partial charge in [0.2, 0.25) is 0 Å². The first kappa shape index (κ1) is 19.5. The minimum atomic E-state index is -0.417. The normalized spacial score (nSPS) is 12.9. The van der Waals surface area contributed by atoms with Gasteiger partial charge >= 0.3 is 0 Å². The number of carbonyl (C=O) groups is 3. The second-order valence-corrected chi connectivity index (χ2v) is 6.76. The smallest absolute Gasteiger partial charge is 0.261 e. The molecule has 0 saturated heterocycles. The zero-order chi connectivity index (χ0) is 21.1. The van der Waals surface area contributed by atoms with Crippen molar-refractivity contribution in [2.75, 3.05) is 25.6 Å². The van der Waals surface area contributed by atoms with Crippen LogP contribution >= 0.6 is 0 Å². The molecule has 4 rings (SSSR count). The second-order valence-electron chi connectivity index (χ2n) is 6.76. The average molecular weight is 405 g/mol. The number of nitrogens with one attached hydrogen (secondary N) is 1. The van der Waals surface area contributed by atoms with Crippen LogP contribution in [0.3, 0.4) is 0 Å². The zero-order valence-electron chi connectivity index (χ0n) is 16.2. The molecule has 30 heavy (non-hydrogen) atoms. The number of amides is 3. The molecule has 0 atom stereocenters. The molecule has 3 amide bonds. The highest BCUT2D eigenvalue weighted by molar-refractivity contribution is 6.22. The van der Waals surface area contributed by atoms with Gasteiger partial charge in [-0.15, -0.1) is 0 Å². The Kier molecular flexibility index (Phi) is 5.36. The lowest BCUT2D eigenvalue weighted by atomic mass is 10.1. The van der Waals surface area contributed by atoms with Gasteiger partial charge in [0.15, 0.2) is 0 Å². The molecule has 1 aliphatic heterocycles. The van der Waals surface area contributed by atoms with Gasteiger partial charge in [-0.25, -0.2) is 9.67 Å². The molecule has 1 aromatic heterocycles. The van der Waals surface area contributed by atoms with Gasteiger partial charge in [-0.1, -0.05) is 12.1 Å². The van der Waals surface area contributed by atoms with E-state index >= 15 is 0 Å². The number of carbonyl (C=O) groups excluding carboxylic acids is 3. The largest absolute Gasteiger partial charge is 0.383 e. The number of anilines is 1. The number of hydrogen-bond donors (Lipinski definition) is 1. The van der Waals surface area contributed by atoms with E-state index in [0.29, 0.717) is 23.4 Å². The highest BCUT2D eigenvalue weighted by atomic mass is 16.5. The molecular formula is C21H19N5O4. The molecular weight excluding hydrogens is 386 g/mol.